The third-order valence-corrected chi connectivity index (χ3v) is 3.23. The van der Waals surface area contributed by atoms with Crippen molar-refractivity contribution in [3.8, 4) is 0 Å². The van der Waals surface area contributed by atoms with Crippen LogP contribution < -0.4 is 0 Å². The molecule has 0 amide bonds. The summed E-state index contributed by atoms with van der Waals surface area (Å²) in [6, 6.07) is 4.54. The number of nitrogens with one attached hydrogen (secondary N) is 1. The highest BCUT2D eigenvalue weighted by atomic mass is 35.5. The summed E-state index contributed by atoms with van der Waals surface area (Å²) in [5, 5.41) is 0.736. The van der Waals surface area contributed by atoms with Crippen molar-refractivity contribution in [2.45, 2.75) is 4.90 Å². The Bertz CT molecular complexity index is 400. The van der Waals surface area contributed by atoms with Crippen molar-refractivity contribution < 1.29 is 4.21 Å². The molecule has 0 saturated carbocycles. The maximum atomic E-state index is 11.2. The van der Waals surface area contributed by atoms with Crippen molar-refractivity contribution in [3.05, 3.63) is 28.2 Å². The lowest BCUT2D eigenvalue weighted by Gasteiger charge is -2.01. The van der Waals surface area contributed by atoms with Crippen LogP contribution in [0.5, 0.6) is 0 Å². The van der Waals surface area contributed by atoms with Crippen LogP contribution in [-0.2, 0) is 9.73 Å². The van der Waals surface area contributed by atoms with Crippen molar-refractivity contribution >= 4 is 32.9 Å². The first-order chi connectivity index (χ1) is 5.41. The Balaban J connectivity index is 3.33. The molecule has 0 unspecified atom stereocenters. The van der Waals surface area contributed by atoms with Gasteiger partial charge >= 0.3 is 0 Å². The summed E-state index contributed by atoms with van der Waals surface area (Å²) in [6.45, 7) is 0. The van der Waals surface area contributed by atoms with E-state index in [9.17, 15) is 4.21 Å². The van der Waals surface area contributed by atoms with Gasteiger partial charge in [0.05, 0.1) is 19.8 Å². The van der Waals surface area contributed by atoms with Crippen LogP contribution >= 0.6 is 23.2 Å². The molecule has 12 heavy (non-hydrogen) atoms. The predicted octanol–water partition coefficient (Wildman–Crippen LogP) is 3.03. The number of hydrogen-bond donors (Lipinski definition) is 1. The maximum Gasteiger partial charge on any atom is 0.0697 e. The molecule has 66 valence electrons. The second kappa shape index (κ2) is 3.24. The standard InChI is InChI=1S/C7H7Cl2NOS/c1-12(10,11)5-2-3-6(8)7(9)4-5/h2-4,10H,1H3/t12-/m1/s1. The molecule has 0 heterocycles. The minimum Gasteiger partial charge on any atom is -0.249 e. The van der Waals surface area contributed by atoms with Crippen LogP contribution in [0.25, 0.3) is 0 Å². The monoisotopic (exact) mass is 223 g/mol. The summed E-state index contributed by atoms with van der Waals surface area (Å²) in [5.41, 5.74) is 0. The van der Waals surface area contributed by atoms with Crippen LogP contribution in [0.1, 0.15) is 0 Å². The average Bonchev–Trinajstić information content (AvgIpc) is 1.92. The Morgan fingerprint density at radius 1 is 1.33 bits per heavy atom. The second-order valence-corrected chi connectivity index (χ2v) is 5.39. The van der Waals surface area contributed by atoms with Gasteiger partial charge in [-0.15, -0.1) is 0 Å². The largest absolute Gasteiger partial charge is 0.249 e. The Kier molecular flexibility index (Phi) is 2.66. The minimum absolute atomic E-state index is 0.330. The minimum atomic E-state index is -2.69. The molecule has 2 nitrogen and oxygen atoms in total. The van der Waals surface area contributed by atoms with Gasteiger partial charge in [-0.3, -0.25) is 0 Å². The van der Waals surface area contributed by atoms with Gasteiger partial charge in [-0.1, -0.05) is 23.2 Å². The zero-order valence-corrected chi connectivity index (χ0v) is 8.63. The van der Waals surface area contributed by atoms with E-state index in [1.807, 2.05) is 0 Å². The van der Waals surface area contributed by atoms with Gasteiger partial charge in [0.1, 0.15) is 0 Å². The first kappa shape index (κ1) is 9.84. The molecule has 1 aromatic rings. The van der Waals surface area contributed by atoms with Gasteiger partial charge in [-0.25, -0.2) is 8.99 Å². The van der Waals surface area contributed by atoms with E-state index in [2.05, 4.69) is 0 Å². The van der Waals surface area contributed by atoms with Crippen molar-refractivity contribution in [2.24, 2.45) is 0 Å². The van der Waals surface area contributed by atoms with E-state index >= 15 is 0 Å². The van der Waals surface area contributed by atoms with Gasteiger partial charge in [0, 0.05) is 11.2 Å². The van der Waals surface area contributed by atoms with Gasteiger partial charge < -0.3 is 0 Å². The second-order valence-electron chi connectivity index (χ2n) is 2.42. The molecule has 0 radical (unpaired) electrons. The van der Waals surface area contributed by atoms with Crippen molar-refractivity contribution in [3.63, 3.8) is 0 Å². The summed E-state index contributed by atoms with van der Waals surface area (Å²) in [6.07, 6.45) is 1.34. The molecule has 0 aliphatic heterocycles. The number of halogens is 2. The van der Waals surface area contributed by atoms with Crippen LogP contribution in [-0.4, -0.2) is 10.5 Å². The number of benzene rings is 1. The van der Waals surface area contributed by atoms with E-state index in [4.69, 9.17) is 28.0 Å². The zero-order valence-electron chi connectivity index (χ0n) is 6.30. The van der Waals surface area contributed by atoms with Crippen LogP contribution in [0.4, 0.5) is 0 Å². The highest BCUT2D eigenvalue weighted by Crippen LogP contribution is 2.24. The summed E-state index contributed by atoms with van der Waals surface area (Å²) in [7, 11) is -2.69. The van der Waals surface area contributed by atoms with Crippen LogP contribution in [0, 0.1) is 4.78 Å². The molecule has 0 aliphatic rings. The van der Waals surface area contributed by atoms with E-state index in [0.29, 0.717) is 14.9 Å². The molecule has 0 spiro atoms. The smallest absolute Gasteiger partial charge is 0.0697 e. The van der Waals surface area contributed by atoms with Gasteiger partial charge in [0.2, 0.25) is 0 Å². The Hall–Kier alpha value is -0.250. The molecule has 1 atom stereocenters. The highest BCUT2D eigenvalue weighted by Gasteiger charge is 2.05. The summed E-state index contributed by atoms with van der Waals surface area (Å²) >= 11 is 11.3. The summed E-state index contributed by atoms with van der Waals surface area (Å²) in [5.74, 6) is 0. The molecule has 1 rings (SSSR count). The third-order valence-electron chi connectivity index (χ3n) is 1.34. The van der Waals surface area contributed by atoms with Gasteiger partial charge in [0.15, 0.2) is 0 Å². The molecule has 0 aliphatic carbocycles. The fourth-order valence-corrected chi connectivity index (χ4v) is 1.75. The van der Waals surface area contributed by atoms with E-state index in [-0.39, 0.29) is 0 Å². The van der Waals surface area contributed by atoms with Crippen molar-refractivity contribution in [2.75, 3.05) is 6.26 Å². The topological polar surface area (TPSA) is 40.9 Å². The molecule has 0 fully saturated rings. The predicted molar refractivity (Wildman–Crippen MR) is 51.5 cm³/mol. The fraction of sp³-hybridized carbons (Fsp3) is 0.143. The van der Waals surface area contributed by atoms with Gasteiger partial charge in [0.25, 0.3) is 0 Å². The lowest BCUT2D eigenvalue weighted by Crippen LogP contribution is -1.93. The SMILES string of the molecule is C[S@@](=N)(=O)c1ccc(Cl)c(Cl)c1. The molecule has 0 aromatic heterocycles. The van der Waals surface area contributed by atoms with Crippen LogP contribution in [0.2, 0.25) is 10.0 Å². The third kappa shape index (κ3) is 2.12. The van der Waals surface area contributed by atoms with Crippen molar-refractivity contribution in [1.29, 1.82) is 4.78 Å². The van der Waals surface area contributed by atoms with E-state index < -0.39 is 9.73 Å². The molecule has 5 heteroatoms. The molecule has 1 aromatic carbocycles. The van der Waals surface area contributed by atoms with Gasteiger partial charge in [-0.2, -0.15) is 0 Å². The van der Waals surface area contributed by atoms with Crippen molar-refractivity contribution in [1.82, 2.24) is 0 Å². The fourth-order valence-electron chi connectivity index (χ4n) is 0.719. The molecule has 0 bridgehead atoms. The van der Waals surface area contributed by atoms with Gasteiger partial charge in [-0.05, 0) is 18.2 Å². The lowest BCUT2D eigenvalue weighted by atomic mass is 10.4. The van der Waals surface area contributed by atoms with Crippen LogP contribution in [0.15, 0.2) is 23.1 Å². The average molecular weight is 224 g/mol. The number of hydrogen-bond acceptors (Lipinski definition) is 2. The van der Waals surface area contributed by atoms with Crippen LogP contribution in [0.3, 0.4) is 0 Å². The first-order valence-corrected chi connectivity index (χ1v) is 5.82. The molecular weight excluding hydrogens is 217 g/mol. The normalized spacial score (nSPS) is 15.6. The van der Waals surface area contributed by atoms with E-state index in [0.717, 1.165) is 0 Å². The quantitative estimate of drug-likeness (QED) is 0.782. The Morgan fingerprint density at radius 3 is 2.33 bits per heavy atom. The lowest BCUT2D eigenvalue weighted by molar-refractivity contribution is 0.679. The summed E-state index contributed by atoms with van der Waals surface area (Å²) < 4.78 is 18.5. The molecule has 0 saturated heterocycles. The van der Waals surface area contributed by atoms with E-state index in [1.54, 1.807) is 6.07 Å². The molecule has 1 N–H and O–H groups in total. The maximum absolute atomic E-state index is 11.2. The first-order valence-electron chi connectivity index (χ1n) is 3.10. The summed E-state index contributed by atoms with van der Waals surface area (Å²) in [4.78, 5) is 0.400. The Morgan fingerprint density at radius 2 is 1.92 bits per heavy atom. The highest BCUT2D eigenvalue weighted by molar-refractivity contribution is 7.91. The van der Waals surface area contributed by atoms with E-state index in [1.165, 1.54) is 18.4 Å². The number of rotatable bonds is 1. The zero-order chi connectivity index (χ0) is 9.35. The molecular formula is C7H7Cl2NOS. The Labute approximate surface area is 81.5 Å².